The Kier molecular flexibility index (Phi) is 7.21. The Hall–Kier alpha value is -2.82. The second kappa shape index (κ2) is 9.40. The van der Waals surface area contributed by atoms with Crippen LogP contribution in [0.25, 0.3) is 0 Å². The number of ether oxygens (including phenoxy) is 2. The van der Waals surface area contributed by atoms with Gasteiger partial charge in [0.2, 0.25) is 0 Å². The summed E-state index contributed by atoms with van der Waals surface area (Å²) in [4.78, 5) is 24.5. The van der Waals surface area contributed by atoms with Gasteiger partial charge in [-0.15, -0.1) is 0 Å². The molecule has 1 atom stereocenters. The van der Waals surface area contributed by atoms with E-state index >= 15 is 0 Å². The summed E-state index contributed by atoms with van der Waals surface area (Å²) >= 11 is 0. The maximum Gasteiger partial charge on any atom is 0.338 e. The number of carbonyl (C=O) groups is 2. The summed E-state index contributed by atoms with van der Waals surface area (Å²) in [6.45, 7) is 10.4. The van der Waals surface area contributed by atoms with Crippen LogP contribution in [-0.4, -0.2) is 24.6 Å². The van der Waals surface area contributed by atoms with Gasteiger partial charge >= 0.3 is 5.97 Å². The minimum absolute atomic E-state index is 0.0595. The number of esters is 1. The molecule has 1 unspecified atom stereocenters. The van der Waals surface area contributed by atoms with Gasteiger partial charge in [-0.2, -0.15) is 0 Å². The number of hydrogen-bond donors (Lipinski definition) is 1. The number of carbonyl (C=O) groups excluding carboxylic acids is 2. The van der Waals surface area contributed by atoms with E-state index in [4.69, 9.17) is 9.47 Å². The highest BCUT2D eigenvalue weighted by atomic mass is 16.5. The van der Waals surface area contributed by atoms with Crippen LogP contribution >= 0.6 is 0 Å². The molecule has 1 N–H and O–H groups in total. The van der Waals surface area contributed by atoms with Crippen LogP contribution in [0.2, 0.25) is 0 Å². The first-order chi connectivity index (χ1) is 13.2. The molecule has 2 aromatic carbocycles. The Morgan fingerprint density at radius 3 is 2.29 bits per heavy atom. The summed E-state index contributed by atoms with van der Waals surface area (Å²) in [5, 5.41) is 2.81. The van der Waals surface area contributed by atoms with E-state index < -0.39 is 12.1 Å². The zero-order valence-electron chi connectivity index (χ0n) is 17.2. The van der Waals surface area contributed by atoms with Crippen molar-refractivity contribution in [2.24, 2.45) is 0 Å². The predicted molar refractivity (Wildman–Crippen MR) is 111 cm³/mol. The molecule has 0 aromatic heterocycles. The van der Waals surface area contributed by atoms with Gasteiger partial charge in [0.1, 0.15) is 5.75 Å². The number of anilines is 1. The SMILES string of the molecule is CCOC(=O)c1cccc(NC(=O)C(CC)Oc2ccc(C(C)(C)C)cc2)c1. The monoisotopic (exact) mass is 383 g/mol. The van der Waals surface area contributed by atoms with E-state index in [-0.39, 0.29) is 11.3 Å². The maximum absolute atomic E-state index is 12.6. The maximum atomic E-state index is 12.6. The third-order valence-electron chi connectivity index (χ3n) is 4.30. The minimum atomic E-state index is -0.633. The highest BCUT2D eigenvalue weighted by molar-refractivity contribution is 5.96. The Balaban J connectivity index is 2.05. The average molecular weight is 383 g/mol. The fraction of sp³-hybridized carbons (Fsp3) is 0.391. The van der Waals surface area contributed by atoms with Gasteiger partial charge in [0.25, 0.3) is 5.91 Å². The number of benzene rings is 2. The Morgan fingerprint density at radius 1 is 1.04 bits per heavy atom. The Morgan fingerprint density at radius 2 is 1.71 bits per heavy atom. The van der Waals surface area contributed by atoms with Gasteiger partial charge in [-0.05, 0) is 54.7 Å². The van der Waals surface area contributed by atoms with Crippen molar-refractivity contribution in [2.75, 3.05) is 11.9 Å². The second-order valence-corrected chi connectivity index (χ2v) is 7.58. The average Bonchev–Trinajstić information content (AvgIpc) is 2.66. The van der Waals surface area contributed by atoms with Crippen LogP contribution in [0.4, 0.5) is 5.69 Å². The summed E-state index contributed by atoms with van der Waals surface area (Å²) in [7, 11) is 0. The van der Waals surface area contributed by atoms with Gasteiger partial charge < -0.3 is 14.8 Å². The van der Waals surface area contributed by atoms with Crippen molar-refractivity contribution in [3.05, 3.63) is 59.7 Å². The summed E-state index contributed by atoms with van der Waals surface area (Å²) < 4.78 is 10.9. The molecule has 0 aliphatic rings. The molecule has 150 valence electrons. The van der Waals surface area contributed by atoms with E-state index in [1.54, 1.807) is 31.2 Å². The van der Waals surface area contributed by atoms with Gasteiger partial charge in [0.15, 0.2) is 6.10 Å². The molecular weight excluding hydrogens is 354 g/mol. The zero-order chi connectivity index (χ0) is 20.7. The van der Waals surface area contributed by atoms with Gasteiger partial charge in [-0.25, -0.2) is 4.79 Å². The molecule has 0 saturated heterocycles. The number of rotatable bonds is 7. The number of hydrogen-bond acceptors (Lipinski definition) is 4. The van der Waals surface area contributed by atoms with Crippen molar-refractivity contribution < 1.29 is 19.1 Å². The number of amides is 1. The third kappa shape index (κ3) is 5.84. The Bertz CT molecular complexity index is 806. The molecular formula is C23H29NO4. The predicted octanol–water partition coefficient (Wildman–Crippen LogP) is 4.96. The molecule has 0 aliphatic heterocycles. The molecule has 0 radical (unpaired) electrons. The third-order valence-corrected chi connectivity index (χ3v) is 4.30. The van der Waals surface area contributed by atoms with E-state index in [2.05, 4.69) is 26.1 Å². The molecule has 0 heterocycles. The number of nitrogens with one attached hydrogen (secondary N) is 1. The van der Waals surface area contributed by atoms with Crippen molar-refractivity contribution in [3.8, 4) is 5.75 Å². The van der Waals surface area contributed by atoms with Crippen molar-refractivity contribution in [1.82, 2.24) is 0 Å². The fourth-order valence-corrected chi connectivity index (χ4v) is 2.68. The first kappa shape index (κ1) is 21.5. The van der Waals surface area contributed by atoms with E-state index in [1.807, 2.05) is 31.2 Å². The van der Waals surface area contributed by atoms with Gasteiger partial charge in [-0.3, -0.25) is 4.79 Å². The largest absolute Gasteiger partial charge is 0.481 e. The minimum Gasteiger partial charge on any atom is -0.481 e. The lowest BCUT2D eigenvalue weighted by Gasteiger charge is -2.21. The molecule has 5 heteroatoms. The molecule has 5 nitrogen and oxygen atoms in total. The lowest BCUT2D eigenvalue weighted by molar-refractivity contribution is -0.122. The lowest BCUT2D eigenvalue weighted by atomic mass is 9.87. The van der Waals surface area contributed by atoms with E-state index in [0.29, 0.717) is 30.0 Å². The zero-order valence-corrected chi connectivity index (χ0v) is 17.2. The van der Waals surface area contributed by atoms with E-state index in [1.165, 1.54) is 5.56 Å². The van der Waals surface area contributed by atoms with Crippen molar-refractivity contribution in [2.45, 2.75) is 52.6 Å². The topological polar surface area (TPSA) is 64.6 Å². The van der Waals surface area contributed by atoms with Gasteiger partial charge in [-0.1, -0.05) is 45.9 Å². The van der Waals surface area contributed by atoms with Crippen LogP contribution in [0.1, 0.15) is 57.0 Å². The first-order valence-corrected chi connectivity index (χ1v) is 9.59. The van der Waals surface area contributed by atoms with Crippen molar-refractivity contribution in [1.29, 1.82) is 0 Å². The van der Waals surface area contributed by atoms with Crippen molar-refractivity contribution in [3.63, 3.8) is 0 Å². The lowest BCUT2D eigenvalue weighted by Crippen LogP contribution is -2.32. The highest BCUT2D eigenvalue weighted by Gasteiger charge is 2.20. The molecule has 2 aromatic rings. The van der Waals surface area contributed by atoms with E-state index in [0.717, 1.165) is 0 Å². The summed E-state index contributed by atoms with van der Waals surface area (Å²) in [5.74, 6) is -0.0282. The Labute approximate surface area is 167 Å². The van der Waals surface area contributed by atoms with Gasteiger partial charge in [0, 0.05) is 5.69 Å². The highest BCUT2D eigenvalue weighted by Crippen LogP contribution is 2.25. The molecule has 0 aliphatic carbocycles. The molecule has 0 saturated carbocycles. The quantitative estimate of drug-likeness (QED) is 0.687. The van der Waals surface area contributed by atoms with Crippen molar-refractivity contribution >= 4 is 17.6 Å². The standard InChI is InChI=1S/C23H29NO4/c1-6-20(28-19-13-11-17(12-14-19)23(3,4)5)21(25)24-18-10-8-9-16(15-18)22(26)27-7-2/h8-15,20H,6-7H2,1-5H3,(H,24,25). The molecule has 0 spiro atoms. The summed E-state index contributed by atoms with van der Waals surface area (Å²) in [5.41, 5.74) is 2.18. The van der Waals surface area contributed by atoms with Crippen LogP contribution in [-0.2, 0) is 14.9 Å². The molecule has 1 amide bonds. The van der Waals surface area contributed by atoms with Crippen LogP contribution in [0.5, 0.6) is 5.75 Å². The van der Waals surface area contributed by atoms with E-state index in [9.17, 15) is 9.59 Å². The normalized spacial score (nSPS) is 12.2. The molecule has 0 fully saturated rings. The van der Waals surface area contributed by atoms with Crippen LogP contribution in [0.15, 0.2) is 48.5 Å². The van der Waals surface area contributed by atoms with Gasteiger partial charge in [0.05, 0.1) is 12.2 Å². The summed E-state index contributed by atoms with van der Waals surface area (Å²) in [6, 6.07) is 14.5. The first-order valence-electron chi connectivity index (χ1n) is 9.59. The van der Waals surface area contributed by atoms with Crippen LogP contribution in [0, 0.1) is 0 Å². The molecule has 0 bridgehead atoms. The summed E-state index contributed by atoms with van der Waals surface area (Å²) in [6.07, 6.45) is -0.114. The fourth-order valence-electron chi connectivity index (χ4n) is 2.68. The van der Waals surface area contributed by atoms with Crippen LogP contribution < -0.4 is 10.1 Å². The smallest absolute Gasteiger partial charge is 0.338 e. The van der Waals surface area contributed by atoms with Crippen LogP contribution in [0.3, 0.4) is 0 Å². The second-order valence-electron chi connectivity index (χ2n) is 7.58. The molecule has 2 rings (SSSR count). The molecule has 28 heavy (non-hydrogen) atoms.